The van der Waals surface area contributed by atoms with E-state index in [1.54, 1.807) is 36.4 Å². The predicted molar refractivity (Wildman–Crippen MR) is 96.3 cm³/mol. The van der Waals surface area contributed by atoms with Gasteiger partial charge in [-0.05, 0) is 41.8 Å². The van der Waals surface area contributed by atoms with Crippen molar-refractivity contribution in [1.29, 1.82) is 0 Å². The van der Waals surface area contributed by atoms with E-state index in [0.717, 1.165) is 16.9 Å². The van der Waals surface area contributed by atoms with Crippen LogP contribution in [0, 0.1) is 0 Å². The standard InChI is InChI=1S/C19H15ClN2O3/c1-2-12-7-9-14(10-8-12)22-18(24)15(17(23)21-19(22)25)11-13-5-3-4-6-16(13)20/h3-11H,2H2,1H3,(H,21,23,25)/b15-11-. The summed E-state index contributed by atoms with van der Waals surface area (Å²) in [6.07, 6.45) is 2.23. The van der Waals surface area contributed by atoms with Crippen molar-refractivity contribution < 1.29 is 14.4 Å². The van der Waals surface area contributed by atoms with Gasteiger partial charge in [0.05, 0.1) is 5.69 Å². The molecule has 0 aliphatic carbocycles. The summed E-state index contributed by atoms with van der Waals surface area (Å²) in [5.74, 6) is -1.42. The van der Waals surface area contributed by atoms with Gasteiger partial charge >= 0.3 is 6.03 Å². The first-order valence-corrected chi connectivity index (χ1v) is 8.14. The number of anilines is 1. The average molecular weight is 355 g/mol. The Hall–Kier alpha value is -2.92. The molecular formula is C19H15ClN2O3. The van der Waals surface area contributed by atoms with E-state index < -0.39 is 17.8 Å². The molecule has 1 N–H and O–H groups in total. The van der Waals surface area contributed by atoms with Crippen molar-refractivity contribution in [3.63, 3.8) is 0 Å². The molecule has 1 aliphatic heterocycles. The predicted octanol–water partition coefficient (Wildman–Crippen LogP) is 3.57. The number of nitrogens with zero attached hydrogens (tertiary/aromatic N) is 1. The lowest BCUT2D eigenvalue weighted by molar-refractivity contribution is -0.122. The Morgan fingerprint density at radius 3 is 2.36 bits per heavy atom. The van der Waals surface area contributed by atoms with Crippen LogP contribution >= 0.6 is 11.6 Å². The molecule has 0 bridgehead atoms. The molecule has 2 aromatic rings. The molecule has 0 unspecified atom stereocenters. The summed E-state index contributed by atoms with van der Waals surface area (Å²) < 4.78 is 0. The number of carbonyl (C=O) groups is 3. The molecule has 4 amide bonds. The number of urea groups is 1. The summed E-state index contributed by atoms with van der Waals surface area (Å²) in [4.78, 5) is 38.0. The van der Waals surface area contributed by atoms with Crippen LogP contribution in [0.15, 0.2) is 54.1 Å². The Morgan fingerprint density at radius 1 is 1.04 bits per heavy atom. The third-order valence-corrected chi connectivity index (χ3v) is 4.25. The molecule has 0 atom stereocenters. The normalized spacial score (nSPS) is 16.3. The van der Waals surface area contributed by atoms with Crippen molar-refractivity contribution in [3.8, 4) is 0 Å². The highest BCUT2D eigenvalue weighted by Gasteiger charge is 2.36. The van der Waals surface area contributed by atoms with Crippen molar-refractivity contribution >= 4 is 41.2 Å². The zero-order chi connectivity index (χ0) is 18.0. The molecule has 1 fully saturated rings. The van der Waals surface area contributed by atoms with Gasteiger partial charge in [-0.15, -0.1) is 0 Å². The highest BCUT2D eigenvalue weighted by atomic mass is 35.5. The molecule has 3 rings (SSSR count). The number of hydrogen-bond acceptors (Lipinski definition) is 3. The fraction of sp³-hybridized carbons (Fsp3) is 0.105. The molecule has 0 spiro atoms. The lowest BCUT2D eigenvalue weighted by atomic mass is 10.1. The van der Waals surface area contributed by atoms with Crippen molar-refractivity contribution in [1.82, 2.24) is 5.32 Å². The maximum atomic E-state index is 12.7. The number of nitrogens with one attached hydrogen (secondary N) is 1. The third kappa shape index (κ3) is 3.32. The molecule has 2 aromatic carbocycles. The molecule has 0 aromatic heterocycles. The van der Waals surface area contributed by atoms with Crippen molar-refractivity contribution in [3.05, 3.63) is 70.3 Å². The molecule has 126 valence electrons. The van der Waals surface area contributed by atoms with Crippen LogP contribution in [0.5, 0.6) is 0 Å². The minimum atomic E-state index is -0.768. The number of hydrogen-bond donors (Lipinski definition) is 1. The Labute approximate surface area is 149 Å². The molecule has 0 saturated carbocycles. The van der Waals surface area contributed by atoms with Crippen molar-refractivity contribution in [2.75, 3.05) is 4.90 Å². The Balaban J connectivity index is 2.01. The van der Waals surface area contributed by atoms with Gasteiger partial charge in [0.2, 0.25) is 0 Å². The number of benzene rings is 2. The van der Waals surface area contributed by atoms with Crippen LogP contribution in [0.3, 0.4) is 0 Å². The second kappa shape index (κ2) is 6.91. The molecule has 1 heterocycles. The quantitative estimate of drug-likeness (QED) is 0.677. The first-order valence-electron chi connectivity index (χ1n) is 7.76. The van der Waals surface area contributed by atoms with Gasteiger partial charge in [-0.3, -0.25) is 14.9 Å². The van der Waals surface area contributed by atoms with E-state index in [0.29, 0.717) is 16.3 Å². The fourth-order valence-electron chi connectivity index (χ4n) is 2.52. The van der Waals surface area contributed by atoms with Crippen LogP contribution in [-0.4, -0.2) is 17.8 Å². The fourth-order valence-corrected chi connectivity index (χ4v) is 2.71. The van der Waals surface area contributed by atoms with E-state index in [-0.39, 0.29) is 5.57 Å². The highest BCUT2D eigenvalue weighted by Crippen LogP contribution is 2.24. The van der Waals surface area contributed by atoms with Crippen LogP contribution < -0.4 is 10.2 Å². The second-order valence-electron chi connectivity index (χ2n) is 5.50. The number of imide groups is 2. The molecule has 1 aliphatic rings. The van der Waals surface area contributed by atoms with Gasteiger partial charge in [-0.25, -0.2) is 9.69 Å². The van der Waals surface area contributed by atoms with Crippen LogP contribution in [0.4, 0.5) is 10.5 Å². The zero-order valence-electron chi connectivity index (χ0n) is 13.5. The van der Waals surface area contributed by atoms with E-state index in [9.17, 15) is 14.4 Å². The number of carbonyl (C=O) groups excluding carboxylic acids is 3. The Bertz CT molecular complexity index is 888. The topological polar surface area (TPSA) is 66.5 Å². The lowest BCUT2D eigenvalue weighted by Crippen LogP contribution is -2.54. The monoisotopic (exact) mass is 354 g/mol. The Kier molecular flexibility index (Phi) is 4.67. The highest BCUT2D eigenvalue weighted by molar-refractivity contribution is 6.39. The first kappa shape index (κ1) is 16.9. The smallest absolute Gasteiger partial charge is 0.273 e. The average Bonchev–Trinajstić information content (AvgIpc) is 2.60. The van der Waals surface area contributed by atoms with Gasteiger partial charge in [0.1, 0.15) is 5.57 Å². The van der Waals surface area contributed by atoms with E-state index in [4.69, 9.17) is 11.6 Å². The largest absolute Gasteiger partial charge is 0.335 e. The van der Waals surface area contributed by atoms with Crippen LogP contribution in [-0.2, 0) is 16.0 Å². The third-order valence-electron chi connectivity index (χ3n) is 3.91. The summed E-state index contributed by atoms with van der Waals surface area (Å²) in [7, 11) is 0. The van der Waals surface area contributed by atoms with Crippen LogP contribution in [0.1, 0.15) is 18.1 Å². The Morgan fingerprint density at radius 2 is 1.72 bits per heavy atom. The molecule has 5 nitrogen and oxygen atoms in total. The lowest BCUT2D eigenvalue weighted by Gasteiger charge is -2.26. The van der Waals surface area contributed by atoms with Gasteiger partial charge in [-0.2, -0.15) is 0 Å². The molecule has 6 heteroatoms. The van der Waals surface area contributed by atoms with Crippen LogP contribution in [0.25, 0.3) is 6.08 Å². The second-order valence-corrected chi connectivity index (χ2v) is 5.91. The van der Waals surface area contributed by atoms with Gasteiger partial charge in [0.15, 0.2) is 0 Å². The molecular weight excluding hydrogens is 340 g/mol. The zero-order valence-corrected chi connectivity index (χ0v) is 14.2. The number of aryl methyl sites for hydroxylation is 1. The number of amides is 4. The van der Waals surface area contributed by atoms with Gasteiger partial charge in [0, 0.05) is 5.02 Å². The van der Waals surface area contributed by atoms with E-state index in [1.807, 2.05) is 19.1 Å². The number of halogens is 1. The molecule has 0 radical (unpaired) electrons. The van der Waals surface area contributed by atoms with Crippen molar-refractivity contribution in [2.24, 2.45) is 0 Å². The summed E-state index contributed by atoms with van der Waals surface area (Å²) in [6.45, 7) is 2.01. The maximum Gasteiger partial charge on any atom is 0.335 e. The van der Waals surface area contributed by atoms with Gasteiger partial charge in [0.25, 0.3) is 11.8 Å². The minimum absolute atomic E-state index is 0.146. The summed E-state index contributed by atoms with van der Waals surface area (Å²) in [5, 5.41) is 2.60. The van der Waals surface area contributed by atoms with E-state index in [2.05, 4.69) is 5.32 Å². The van der Waals surface area contributed by atoms with Gasteiger partial charge < -0.3 is 0 Å². The molecule has 1 saturated heterocycles. The number of barbiturate groups is 1. The number of rotatable bonds is 3. The van der Waals surface area contributed by atoms with E-state index in [1.165, 1.54) is 6.08 Å². The first-order chi connectivity index (χ1) is 12.0. The summed E-state index contributed by atoms with van der Waals surface area (Å²) in [6, 6.07) is 13.1. The minimum Gasteiger partial charge on any atom is -0.273 e. The van der Waals surface area contributed by atoms with Crippen molar-refractivity contribution in [2.45, 2.75) is 13.3 Å². The van der Waals surface area contributed by atoms with Crippen LogP contribution in [0.2, 0.25) is 5.02 Å². The SMILES string of the molecule is CCc1ccc(N2C(=O)NC(=O)/C(=C/c3ccccc3Cl)C2=O)cc1. The van der Waals surface area contributed by atoms with E-state index >= 15 is 0 Å². The molecule has 25 heavy (non-hydrogen) atoms. The summed E-state index contributed by atoms with van der Waals surface area (Å²) >= 11 is 6.09. The summed E-state index contributed by atoms with van der Waals surface area (Å²) in [5.41, 5.74) is 1.86. The maximum absolute atomic E-state index is 12.7. The van der Waals surface area contributed by atoms with Gasteiger partial charge in [-0.1, -0.05) is 48.9 Å².